The van der Waals surface area contributed by atoms with Crippen molar-refractivity contribution in [3.63, 3.8) is 0 Å². The summed E-state index contributed by atoms with van der Waals surface area (Å²) in [6.45, 7) is 3.70. The van der Waals surface area contributed by atoms with Crippen molar-refractivity contribution < 1.29 is 9.90 Å². The van der Waals surface area contributed by atoms with Gasteiger partial charge in [0.15, 0.2) is 0 Å². The van der Waals surface area contributed by atoms with Gasteiger partial charge in [0.2, 0.25) is 0 Å². The standard InChI is InChI=1S/C5H9O2.Bi.2H/c1-3-4(2)5(6)7;;;/h3H2,1-2H3,(H,6,7);;;. The van der Waals surface area contributed by atoms with E-state index in [4.69, 9.17) is 5.11 Å². The quantitative estimate of drug-likeness (QED) is 0.745. The van der Waals surface area contributed by atoms with Crippen LogP contribution in [0, 0.1) is 0 Å². The third-order valence-corrected chi connectivity index (χ3v) is 3.77. The summed E-state index contributed by atoms with van der Waals surface area (Å²) >= 11 is 0.537. The number of carboxylic acid groups (broad SMARTS) is 1. The van der Waals surface area contributed by atoms with E-state index in [1.54, 1.807) is 6.92 Å². The van der Waals surface area contributed by atoms with Gasteiger partial charge in [-0.25, -0.2) is 0 Å². The van der Waals surface area contributed by atoms with Gasteiger partial charge in [0.1, 0.15) is 0 Å². The summed E-state index contributed by atoms with van der Waals surface area (Å²) in [5, 5.41) is 8.48. The molecule has 1 atom stereocenters. The maximum atomic E-state index is 10.3. The van der Waals surface area contributed by atoms with Gasteiger partial charge in [0, 0.05) is 0 Å². The van der Waals surface area contributed by atoms with Crippen LogP contribution in [-0.4, -0.2) is 35.8 Å². The minimum absolute atomic E-state index is 0.375. The molecule has 0 amide bonds. The van der Waals surface area contributed by atoms with Gasteiger partial charge < -0.3 is 0 Å². The Kier molecular flexibility index (Phi) is 2.89. The monoisotopic (exact) mass is 312 g/mol. The average Bonchev–Trinajstić information content (AvgIpc) is 1.67. The van der Waals surface area contributed by atoms with Gasteiger partial charge in [0.05, 0.1) is 0 Å². The summed E-state index contributed by atoms with van der Waals surface area (Å²) < 4.78 is -0.375. The molecule has 48 valence electrons. The van der Waals surface area contributed by atoms with Crippen LogP contribution in [0.1, 0.15) is 20.3 Å². The normalized spacial score (nSPS) is 17.4. The molecule has 0 spiro atoms. The second-order valence-corrected chi connectivity index (χ2v) is 7.03. The van der Waals surface area contributed by atoms with Crippen molar-refractivity contribution in [1.82, 2.24) is 0 Å². The summed E-state index contributed by atoms with van der Waals surface area (Å²) in [5.41, 5.74) is 0. The fraction of sp³-hybridized carbons (Fsp3) is 0.800. The molecular formula is C5H11BiO2. The molecule has 8 heavy (non-hydrogen) atoms. The van der Waals surface area contributed by atoms with E-state index < -0.39 is 5.97 Å². The van der Waals surface area contributed by atoms with Crippen molar-refractivity contribution in [2.75, 3.05) is 0 Å². The predicted octanol–water partition coefficient (Wildman–Crippen LogP) is 0.293. The van der Waals surface area contributed by atoms with E-state index in [1.165, 1.54) is 0 Å². The predicted molar refractivity (Wildman–Crippen MR) is 34.8 cm³/mol. The fourth-order valence-electron chi connectivity index (χ4n) is 0.151. The number of hydrogen-bond acceptors (Lipinski definition) is 1. The number of rotatable bonds is 2. The molecule has 0 saturated heterocycles. The molecule has 0 aromatic rings. The Hall–Kier alpha value is 0.353. The van der Waals surface area contributed by atoms with Crippen molar-refractivity contribution in [1.29, 1.82) is 0 Å². The van der Waals surface area contributed by atoms with Gasteiger partial charge in [-0.1, -0.05) is 0 Å². The number of carbonyl (C=O) groups is 1. The van der Waals surface area contributed by atoms with Crippen LogP contribution in [0.5, 0.6) is 0 Å². The minimum atomic E-state index is -0.648. The van der Waals surface area contributed by atoms with Gasteiger partial charge in [0.25, 0.3) is 0 Å². The average molecular weight is 312 g/mol. The van der Waals surface area contributed by atoms with Crippen LogP contribution < -0.4 is 0 Å². The molecule has 0 fully saturated rings. The topological polar surface area (TPSA) is 37.3 Å². The molecule has 0 rings (SSSR count). The second-order valence-electron chi connectivity index (χ2n) is 2.08. The summed E-state index contributed by atoms with van der Waals surface area (Å²) in [6.07, 6.45) is 0.757. The molecule has 1 unspecified atom stereocenters. The van der Waals surface area contributed by atoms with E-state index in [2.05, 4.69) is 0 Å². The van der Waals surface area contributed by atoms with Crippen molar-refractivity contribution >= 4 is 30.7 Å². The van der Waals surface area contributed by atoms with Crippen LogP contribution in [0.25, 0.3) is 0 Å². The van der Waals surface area contributed by atoms with Gasteiger partial charge >= 0.3 is 64.0 Å². The molecule has 0 aliphatic carbocycles. The van der Waals surface area contributed by atoms with Gasteiger partial charge in [-0.2, -0.15) is 0 Å². The van der Waals surface area contributed by atoms with Crippen LogP contribution in [-0.2, 0) is 4.79 Å². The summed E-state index contributed by atoms with van der Waals surface area (Å²) in [4.78, 5) is 10.3. The number of carboxylic acids is 1. The van der Waals surface area contributed by atoms with Crippen molar-refractivity contribution in [3.8, 4) is 0 Å². The Morgan fingerprint density at radius 3 is 2.25 bits per heavy atom. The molecule has 0 aromatic carbocycles. The van der Waals surface area contributed by atoms with E-state index in [9.17, 15) is 4.79 Å². The Morgan fingerprint density at radius 1 is 1.88 bits per heavy atom. The number of aliphatic carboxylic acids is 1. The molecule has 0 aliphatic rings. The van der Waals surface area contributed by atoms with Crippen LogP contribution in [0.4, 0.5) is 0 Å². The number of hydrogen-bond donors (Lipinski definition) is 1. The molecular weight excluding hydrogens is 301 g/mol. The third kappa shape index (κ3) is 2.08. The molecule has 2 nitrogen and oxygen atoms in total. The maximum absolute atomic E-state index is 10.3. The first-order valence-electron chi connectivity index (χ1n) is 2.53. The van der Waals surface area contributed by atoms with Crippen LogP contribution >= 0.6 is 0 Å². The van der Waals surface area contributed by atoms with Crippen molar-refractivity contribution in [2.45, 2.75) is 23.4 Å². The molecule has 0 aromatic heterocycles. The first kappa shape index (κ1) is 8.35. The fourth-order valence-corrected chi connectivity index (χ4v) is 0.151. The second kappa shape index (κ2) is 2.77. The third-order valence-electron chi connectivity index (χ3n) is 1.22. The molecule has 0 radical (unpaired) electrons. The van der Waals surface area contributed by atoms with E-state index in [0.717, 1.165) is 6.42 Å². The molecule has 3 heteroatoms. The summed E-state index contributed by atoms with van der Waals surface area (Å²) in [7, 11) is 0. The molecule has 0 heterocycles. The van der Waals surface area contributed by atoms with Crippen molar-refractivity contribution in [2.24, 2.45) is 0 Å². The Labute approximate surface area is 64.1 Å². The molecule has 1 N–H and O–H groups in total. The SMILES string of the molecule is CC[C](C)([BiH2])C(=O)O. The van der Waals surface area contributed by atoms with Crippen LogP contribution in [0.15, 0.2) is 0 Å². The van der Waals surface area contributed by atoms with Crippen LogP contribution in [0.3, 0.4) is 0 Å². The van der Waals surface area contributed by atoms with E-state index in [1.807, 2.05) is 6.92 Å². The molecule has 0 bridgehead atoms. The van der Waals surface area contributed by atoms with Crippen LogP contribution in [0.2, 0.25) is 3.12 Å². The van der Waals surface area contributed by atoms with Crippen molar-refractivity contribution in [3.05, 3.63) is 0 Å². The van der Waals surface area contributed by atoms with Gasteiger partial charge in [-0.3, -0.25) is 0 Å². The zero-order valence-corrected chi connectivity index (χ0v) is 9.63. The Balaban J connectivity index is 3.91. The Bertz CT molecular complexity index is 98.6. The zero-order chi connectivity index (χ0) is 6.78. The molecule has 0 aliphatic heterocycles. The summed E-state index contributed by atoms with van der Waals surface area (Å²) in [5.74, 6) is -0.648. The zero-order valence-electron chi connectivity index (χ0n) is 5.14. The first-order valence-corrected chi connectivity index (χ1v) is 4.77. The van der Waals surface area contributed by atoms with E-state index in [0.29, 0.717) is 24.7 Å². The van der Waals surface area contributed by atoms with E-state index in [-0.39, 0.29) is 3.12 Å². The van der Waals surface area contributed by atoms with E-state index >= 15 is 0 Å². The van der Waals surface area contributed by atoms with Gasteiger partial charge in [-0.15, -0.1) is 0 Å². The summed E-state index contributed by atoms with van der Waals surface area (Å²) in [6, 6.07) is 0. The van der Waals surface area contributed by atoms with Gasteiger partial charge in [-0.05, 0) is 0 Å². The Morgan fingerprint density at radius 2 is 2.25 bits per heavy atom. The first-order chi connectivity index (χ1) is 3.50. The molecule has 0 saturated carbocycles.